The number of rotatable bonds is 1. The maximum absolute atomic E-state index is 11.0. The van der Waals surface area contributed by atoms with Crippen molar-refractivity contribution in [2.75, 3.05) is 7.11 Å². The first kappa shape index (κ1) is 5.61. The smallest absolute Gasteiger partial charge is 0.321 e. The van der Waals surface area contributed by atoms with E-state index in [1.165, 1.54) is 7.11 Å². The standard InChI is InChI=1S/CH3ClFOP/c1-4-5(2)3/h1H3. The minimum absolute atomic E-state index is 1.22. The number of hydrogen-bond acceptors (Lipinski definition) is 1. The highest BCUT2D eigenvalue weighted by atomic mass is 35.7. The third-order valence-electron chi connectivity index (χ3n) is 0.138. The molecule has 0 rings (SSSR count). The maximum atomic E-state index is 11.0. The van der Waals surface area contributed by atoms with Crippen molar-refractivity contribution in [3.05, 3.63) is 0 Å². The lowest BCUT2D eigenvalue weighted by Crippen LogP contribution is -1.53. The molecule has 0 heterocycles. The van der Waals surface area contributed by atoms with Gasteiger partial charge in [-0.15, -0.1) is 0 Å². The van der Waals surface area contributed by atoms with Gasteiger partial charge in [-0.05, 0) is 11.2 Å². The molecule has 0 aliphatic rings. The predicted molar refractivity (Wildman–Crippen MR) is 20.9 cm³/mol. The Labute approximate surface area is 35.8 Å². The van der Waals surface area contributed by atoms with Gasteiger partial charge in [0.25, 0.3) is 0 Å². The van der Waals surface area contributed by atoms with Crippen LogP contribution in [-0.2, 0) is 4.52 Å². The molecule has 1 atom stereocenters. The molecule has 0 spiro atoms. The van der Waals surface area contributed by atoms with E-state index in [-0.39, 0.29) is 0 Å². The van der Waals surface area contributed by atoms with E-state index in [1.54, 1.807) is 0 Å². The Bertz CT molecular complexity index is 25.6. The van der Waals surface area contributed by atoms with Gasteiger partial charge in [-0.1, -0.05) is 0 Å². The van der Waals surface area contributed by atoms with Gasteiger partial charge < -0.3 is 4.52 Å². The Hall–Kier alpha value is 0.610. The lowest BCUT2D eigenvalue weighted by Gasteiger charge is -1.84. The molecule has 0 aromatic heterocycles. The van der Waals surface area contributed by atoms with Crippen LogP contribution in [0.15, 0.2) is 0 Å². The lowest BCUT2D eigenvalue weighted by atomic mass is 11.8. The van der Waals surface area contributed by atoms with Gasteiger partial charge in [0.1, 0.15) is 0 Å². The summed E-state index contributed by atoms with van der Waals surface area (Å²) in [6, 6.07) is 0. The zero-order valence-electron chi connectivity index (χ0n) is 2.61. The van der Waals surface area contributed by atoms with Crippen molar-refractivity contribution >= 4 is 19.1 Å². The van der Waals surface area contributed by atoms with Crippen LogP contribution in [0.4, 0.5) is 4.20 Å². The second-order valence-electron chi connectivity index (χ2n) is 0.384. The largest absolute Gasteiger partial charge is 0.322 e. The molecular weight excluding hydrogens is 113 g/mol. The average Bonchev–Trinajstić information content (AvgIpc) is 1.38. The summed E-state index contributed by atoms with van der Waals surface area (Å²) in [5.74, 6) is 0. The van der Waals surface area contributed by atoms with E-state index in [2.05, 4.69) is 15.8 Å². The zero-order chi connectivity index (χ0) is 4.28. The Morgan fingerprint density at radius 1 is 2.00 bits per heavy atom. The Kier molecular flexibility index (Phi) is 3.17. The van der Waals surface area contributed by atoms with E-state index < -0.39 is 7.81 Å². The molecule has 0 N–H and O–H groups in total. The molecule has 0 bridgehead atoms. The van der Waals surface area contributed by atoms with Crippen molar-refractivity contribution in [1.82, 2.24) is 0 Å². The van der Waals surface area contributed by atoms with Crippen molar-refractivity contribution in [2.24, 2.45) is 0 Å². The van der Waals surface area contributed by atoms with E-state index >= 15 is 0 Å². The summed E-state index contributed by atoms with van der Waals surface area (Å²) < 4.78 is 15.0. The van der Waals surface area contributed by atoms with E-state index in [0.29, 0.717) is 0 Å². The normalized spacial score (nSPS) is 15.0. The first-order valence-corrected chi connectivity index (χ1v) is 2.98. The molecule has 0 aromatic rings. The monoisotopic (exact) mass is 116 g/mol. The number of hydrogen-bond donors (Lipinski definition) is 0. The van der Waals surface area contributed by atoms with Gasteiger partial charge in [-0.3, -0.25) is 0 Å². The highest BCUT2D eigenvalue weighted by Crippen LogP contribution is 2.42. The number of halogens is 2. The van der Waals surface area contributed by atoms with Crippen LogP contribution in [0, 0.1) is 0 Å². The molecule has 0 amide bonds. The Morgan fingerprint density at radius 3 is 2.20 bits per heavy atom. The van der Waals surface area contributed by atoms with E-state index in [0.717, 1.165) is 0 Å². The molecule has 0 aliphatic heterocycles. The highest BCUT2D eigenvalue weighted by Gasteiger charge is 1.91. The van der Waals surface area contributed by atoms with Crippen LogP contribution in [0.2, 0.25) is 0 Å². The highest BCUT2D eigenvalue weighted by molar-refractivity contribution is 7.75. The Balaban J connectivity index is 2.54. The van der Waals surface area contributed by atoms with Crippen LogP contribution in [0.3, 0.4) is 0 Å². The first-order valence-electron chi connectivity index (χ1n) is 0.929. The Morgan fingerprint density at radius 2 is 2.20 bits per heavy atom. The maximum Gasteiger partial charge on any atom is 0.321 e. The molecule has 1 unspecified atom stereocenters. The summed E-state index contributed by atoms with van der Waals surface area (Å²) in [6.45, 7) is 0. The van der Waals surface area contributed by atoms with Crippen LogP contribution < -0.4 is 0 Å². The predicted octanol–water partition coefficient (Wildman–Crippen LogP) is 2.07. The van der Waals surface area contributed by atoms with Gasteiger partial charge in [0.2, 0.25) is 0 Å². The third-order valence-corrected chi connectivity index (χ3v) is 0.828. The van der Waals surface area contributed by atoms with Gasteiger partial charge >= 0.3 is 7.81 Å². The van der Waals surface area contributed by atoms with Gasteiger partial charge in [-0.2, -0.15) is 4.20 Å². The molecule has 1 nitrogen and oxygen atoms in total. The van der Waals surface area contributed by atoms with Crippen molar-refractivity contribution in [1.29, 1.82) is 0 Å². The summed E-state index contributed by atoms with van der Waals surface area (Å²) in [4.78, 5) is 0. The van der Waals surface area contributed by atoms with Gasteiger partial charge in [0, 0.05) is 7.11 Å². The minimum atomic E-state index is -2.13. The summed E-state index contributed by atoms with van der Waals surface area (Å²) in [5.41, 5.74) is 0. The minimum Gasteiger partial charge on any atom is -0.322 e. The van der Waals surface area contributed by atoms with Crippen LogP contribution in [0.5, 0.6) is 0 Å². The van der Waals surface area contributed by atoms with Crippen molar-refractivity contribution in [3.8, 4) is 0 Å². The molecule has 0 aliphatic carbocycles. The average molecular weight is 116 g/mol. The van der Waals surface area contributed by atoms with E-state index in [4.69, 9.17) is 0 Å². The van der Waals surface area contributed by atoms with Gasteiger partial charge in [-0.25, -0.2) is 0 Å². The fourth-order valence-corrected chi connectivity index (χ4v) is 0. The molecule has 32 valence electrons. The lowest BCUT2D eigenvalue weighted by molar-refractivity contribution is 0.444. The summed E-state index contributed by atoms with van der Waals surface area (Å²) in [6.07, 6.45) is 0. The second kappa shape index (κ2) is 2.83. The second-order valence-corrected chi connectivity index (χ2v) is 1.95. The quantitative estimate of drug-likeness (QED) is 0.477. The summed E-state index contributed by atoms with van der Waals surface area (Å²) in [7, 11) is -0.905. The van der Waals surface area contributed by atoms with Gasteiger partial charge in [0.15, 0.2) is 0 Å². The zero-order valence-corrected chi connectivity index (χ0v) is 4.26. The van der Waals surface area contributed by atoms with Gasteiger partial charge in [0.05, 0.1) is 0 Å². The van der Waals surface area contributed by atoms with E-state index in [9.17, 15) is 4.20 Å². The van der Waals surface area contributed by atoms with Crippen molar-refractivity contribution in [3.63, 3.8) is 0 Å². The van der Waals surface area contributed by atoms with E-state index in [1.807, 2.05) is 0 Å². The topological polar surface area (TPSA) is 9.23 Å². The van der Waals surface area contributed by atoms with Crippen LogP contribution in [0.1, 0.15) is 0 Å². The first-order chi connectivity index (χ1) is 2.27. The molecule has 5 heavy (non-hydrogen) atoms. The molecule has 0 saturated carbocycles. The SMILES string of the molecule is COP(F)Cl. The molecule has 0 fully saturated rings. The molecular formula is CH3ClFOP. The molecule has 0 saturated heterocycles. The van der Waals surface area contributed by atoms with Crippen LogP contribution in [0.25, 0.3) is 0 Å². The van der Waals surface area contributed by atoms with Crippen molar-refractivity contribution in [2.45, 2.75) is 0 Å². The molecule has 0 radical (unpaired) electrons. The fourth-order valence-electron chi connectivity index (χ4n) is 0. The molecule has 4 heteroatoms. The fraction of sp³-hybridized carbons (Fsp3) is 1.00. The summed E-state index contributed by atoms with van der Waals surface area (Å²) in [5, 5.41) is 0. The summed E-state index contributed by atoms with van der Waals surface area (Å²) >= 11 is 4.64. The van der Waals surface area contributed by atoms with Crippen LogP contribution >= 0.6 is 19.1 Å². The van der Waals surface area contributed by atoms with Crippen LogP contribution in [-0.4, -0.2) is 7.11 Å². The molecule has 0 aromatic carbocycles. The third kappa shape index (κ3) is 4.61. The van der Waals surface area contributed by atoms with Crippen molar-refractivity contribution < 1.29 is 8.72 Å².